The molecule has 0 radical (unpaired) electrons. The lowest BCUT2D eigenvalue weighted by molar-refractivity contribution is -0.134. The maximum atomic E-state index is 15.6. The molecule has 3 atom stereocenters. The van der Waals surface area contributed by atoms with Crippen molar-refractivity contribution in [1.29, 1.82) is 0 Å². The maximum absolute atomic E-state index is 15.6. The van der Waals surface area contributed by atoms with Gasteiger partial charge in [-0.3, -0.25) is 24.5 Å². The summed E-state index contributed by atoms with van der Waals surface area (Å²) >= 11 is 6.32. The van der Waals surface area contributed by atoms with E-state index in [4.69, 9.17) is 11.6 Å². The number of nitrogens with zero attached hydrogens (tertiary/aromatic N) is 5. The summed E-state index contributed by atoms with van der Waals surface area (Å²) in [6.07, 6.45) is 6.85. The number of hydrogen-bond donors (Lipinski definition) is 2. The Morgan fingerprint density at radius 3 is 2.37 bits per heavy atom. The van der Waals surface area contributed by atoms with Gasteiger partial charge in [-0.05, 0) is 87.6 Å². The van der Waals surface area contributed by atoms with Crippen LogP contribution >= 0.6 is 11.6 Å². The number of carbonyl (C=O) groups is 3. The van der Waals surface area contributed by atoms with Gasteiger partial charge in [0.25, 0.3) is 11.5 Å². The highest BCUT2D eigenvalue weighted by Crippen LogP contribution is 2.43. The number of likely N-dealkylation sites (tertiary alicyclic amines) is 2. The van der Waals surface area contributed by atoms with Gasteiger partial charge in [-0.25, -0.2) is 9.07 Å². The molecular formula is C39H47ClFN7O4. The minimum absolute atomic E-state index is 0.0640. The quantitative estimate of drug-likeness (QED) is 0.347. The van der Waals surface area contributed by atoms with E-state index in [0.29, 0.717) is 28.8 Å². The normalized spacial score (nSPS) is 23.8. The van der Waals surface area contributed by atoms with E-state index >= 15 is 4.39 Å². The summed E-state index contributed by atoms with van der Waals surface area (Å²) in [5.41, 5.74) is 4.01. The van der Waals surface area contributed by atoms with Crippen LogP contribution in [0.5, 0.6) is 0 Å². The molecule has 2 N–H and O–H groups in total. The Morgan fingerprint density at radius 1 is 0.981 bits per heavy atom. The largest absolute Gasteiger partial charge is 0.378 e. The summed E-state index contributed by atoms with van der Waals surface area (Å²) in [6, 6.07) is 11.8. The molecule has 13 heteroatoms. The highest BCUT2D eigenvalue weighted by Gasteiger charge is 2.39. The van der Waals surface area contributed by atoms with Crippen LogP contribution in [0.15, 0.2) is 47.4 Å². The van der Waals surface area contributed by atoms with Crippen molar-refractivity contribution >= 4 is 40.7 Å². The molecule has 1 aromatic heterocycles. The number of aromatic nitrogens is 2. The zero-order valence-electron chi connectivity index (χ0n) is 30.1. The number of piperidine rings is 4. The highest BCUT2D eigenvalue weighted by atomic mass is 35.5. The molecule has 3 amide bonds. The molecule has 1 unspecified atom stereocenters. The van der Waals surface area contributed by atoms with Crippen molar-refractivity contribution in [2.45, 2.75) is 69.7 Å². The van der Waals surface area contributed by atoms with Crippen molar-refractivity contribution in [2.75, 3.05) is 56.5 Å². The van der Waals surface area contributed by atoms with E-state index in [1.807, 2.05) is 23.1 Å². The summed E-state index contributed by atoms with van der Waals surface area (Å²) < 4.78 is 16.8. The second-order valence-electron chi connectivity index (χ2n) is 15.3. The number of halogens is 2. The van der Waals surface area contributed by atoms with E-state index < -0.39 is 11.8 Å². The average molecular weight is 732 g/mol. The number of rotatable bonds is 6. The second kappa shape index (κ2) is 14.6. The summed E-state index contributed by atoms with van der Waals surface area (Å²) in [4.78, 5) is 56.3. The third-order valence-electron chi connectivity index (χ3n) is 12.0. The lowest BCUT2D eigenvalue weighted by atomic mass is 9.71. The number of nitrogens with one attached hydrogen (secondary N) is 2. The number of carbonyl (C=O) groups excluding carboxylic acids is 3. The van der Waals surface area contributed by atoms with Crippen molar-refractivity contribution in [3.63, 3.8) is 0 Å². The first kappa shape index (κ1) is 36.1. The third kappa shape index (κ3) is 7.19. The molecule has 4 saturated heterocycles. The van der Waals surface area contributed by atoms with Gasteiger partial charge in [0.2, 0.25) is 11.8 Å². The third-order valence-corrected chi connectivity index (χ3v) is 12.3. The van der Waals surface area contributed by atoms with Crippen molar-refractivity contribution < 1.29 is 18.8 Å². The van der Waals surface area contributed by atoms with Crippen LogP contribution in [0.2, 0.25) is 5.02 Å². The van der Waals surface area contributed by atoms with Crippen molar-refractivity contribution in [3.05, 3.63) is 86.0 Å². The molecule has 5 heterocycles. The van der Waals surface area contributed by atoms with Gasteiger partial charge in [-0.2, -0.15) is 5.10 Å². The predicted octanol–water partition coefficient (Wildman–Crippen LogP) is 4.82. The van der Waals surface area contributed by atoms with E-state index in [-0.39, 0.29) is 52.0 Å². The molecule has 11 nitrogen and oxygen atoms in total. The van der Waals surface area contributed by atoms with Crippen LogP contribution in [0.3, 0.4) is 0 Å². The first-order valence-corrected chi connectivity index (χ1v) is 18.7. The number of imide groups is 1. The molecule has 0 bridgehead atoms. The fourth-order valence-electron chi connectivity index (χ4n) is 8.78. The van der Waals surface area contributed by atoms with Gasteiger partial charge in [0.1, 0.15) is 10.8 Å². The minimum atomic E-state index is -0.645. The van der Waals surface area contributed by atoms with Gasteiger partial charge in [-0.1, -0.05) is 29.8 Å². The summed E-state index contributed by atoms with van der Waals surface area (Å²) in [5.74, 6) is -1.42. The highest BCUT2D eigenvalue weighted by molar-refractivity contribution is 6.32. The molecule has 0 saturated carbocycles. The molecule has 4 aliphatic rings. The van der Waals surface area contributed by atoms with Gasteiger partial charge < -0.3 is 20.0 Å². The minimum Gasteiger partial charge on any atom is -0.378 e. The van der Waals surface area contributed by atoms with Gasteiger partial charge in [0, 0.05) is 81.2 Å². The van der Waals surface area contributed by atoms with Gasteiger partial charge in [0.05, 0.1) is 17.8 Å². The maximum Gasteiger partial charge on any atom is 0.287 e. The summed E-state index contributed by atoms with van der Waals surface area (Å²) in [5, 5.41) is 10.0. The first-order chi connectivity index (χ1) is 24.9. The molecule has 7 rings (SSSR count). The topological polar surface area (TPSA) is 120 Å². The Hall–Kier alpha value is -4.29. The fraction of sp³-hybridized carbons (Fsp3) is 0.513. The summed E-state index contributed by atoms with van der Waals surface area (Å²) in [7, 11) is 3.66. The Balaban J connectivity index is 0.923. The van der Waals surface area contributed by atoms with Crippen LogP contribution < -0.4 is 21.1 Å². The van der Waals surface area contributed by atoms with Crippen LogP contribution in [0, 0.1) is 18.2 Å². The lowest BCUT2D eigenvalue weighted by Gasteiger charge is -2.47. The van der Waals surface area contributed by atoms with E-state index in [2.05, 4.69) is 44.7 Å². The number of likely N-dealkylation sites (N-methyl/N-ethyl adjacent to an activating group) is 1. The van der Waals surface area contributed by atoms with Gasteiger partial charge in [-0.15, -0.1) is 0 Å². The van der Waals surface area contributed by atoms with Crippen LogP contribution in [0.4, 0.5) is 15.8 Å². The zero-order valence-corrected chi connectivity index (χ0v) is 30.8. The van der Waals surface area contributed by atoms with Crippen LogP contribution in [0.25, 0.3) is 0 Å². The standard InChI is InChI=1S/C39H47ClFN7O4/c1-24-32(10-8-29(35(24)41)30-9-11-33(49)44-36(30)50)47-16-12-39(13-17-47)14-18-48(19-15-39)37(51)26-6-4-25(5-7-26)27-20-28(23-45(2)22-27)43-31-21-42-46(3)38(52)34(31)40/h4-8,10,21,27-28,30,43H,9,11-20,22-23H2,1-3H3,(H,44,49,50)/t27-,28+,30?/m0/s1. The average Bonchev–Trinajstić information content (AvgIpc) is 3.14. The Morgan fingerprint density at radius 2 is 1.67 bits per heavy atom. The number of amides is 3. The van der Waals surface area contributed by atoms with Crippen LogP contribution in [-0.2, 0) is 16.6 Å². The van der Waals surface area contributed by atoms with Gasteiger partial charge in [0.15, 0.2) is 0 Å². The number of aryl methyl sites for hydroxylation is 1. The zero-order chi connectivity index (χ0) is 36.7. The van der Waals surface area contributed by atoms with Crippen molar-refractivity contribution in [2.24, 2.45) is 12.5 Å². The smallest absolute Gasteiger partial charge is 0.287 e. The first-order valence-electron chi connectivity index (χ1n) is 18.3. The lowest BCUT2D eigenvalue weighted by Crippen LogP contribution is -2.48. The number of anilines is 2. The van der Waals surface area contributed by atoms with Crippen molar-refractivity contribution in [1.82, 2.24) is 24.9 Å². The SMILES string of the molecule is Cc1c(N2CCC3(CCN(C(=O)c4ccc([C@H]5C[C@@H](Nc6cnn(C)c(=O)c6Cl)CN(C)C5)cc4)CC3)CC2)ccc(C2CCC(=O)NC2=O)c1F. The summed E-state index contributed by atoms with van der Waals surface area (Å²) in [6.45, 7) is 6.54. The molecule has 2 aromatic carbocycles. The van der Waals surface area contributed by atoms with Crippen LogP contribution in [0.1, 0.15) is 83.8 Å². The molecule has 276 valence electrons. The van der Waals surface area contributed by atoms with E-state index in [0.717, 1.165) is 77.1 Å². The molecule has 4 fully saturated rings. The number of hydrogen-bond acceptors (Lipinski definition) is 8. The van der Waals surface area contributed by atoms with E-state index in [9.17, 15) is 19.2 Å². The Kier molecular flexibility index (Phi) is 10.1. The molecule has 3 aromatic rings. The van der Waals surface area contributed by atoms with Crippen molar-refractivity contribution in [3.8, 4) is 0 Å². The second-order valence-corrected chi connectivity index (χ2v) is 15.7. The molecule has 1 spiro atoms. The van der Waals surface area contributed by atoms with E-state index in [1.165, 1.54) is 10.2 Å². The Labute approximate surface area is 308 Å². The molecule has 0 aliphatic carbocycles. The van der Waals surface area contributed by atoms with E-state index in [1.54, 1.807) is 26.2 Å². The monoisotopic (exact) mass is 731 g/mol. The predicted molar refractivity (Wildman–Crippen MR) is 198 cm³/mol. The molecule has 4 aliphatic heterocycles. The fourth-order valence-corrected chi connectivity index (χ4v) is 9.01. The molecular weight excluding hydrogens is 685 g/mol. The number of benzene rings is 2. The Bertz CT molecular complexity index is 1920. The molecule has 52 heavy (non-hydrogen) atoms. The van der Waals surface area contributed by atoms with Gasteiger partial charge >= 0.3 is 0 Å². The van der Waals surface area contributed by atoms with Crippen LogP contribution in [-0.4, -0.2) is 89.7 Å².